The summed E-state index contributed by atoms with van der Waals surface area (Å²) in [5, 5.41) is 19.6. The molecule has 7 nitrogen and oxygen atoms in total. The fourth-order valence-corrected chi connectivity index (χ4v) is 2.81. The molecule has 0 aliphatic rings. The Morgan fingerprint density at radius 2 is 1.85 bits per heavy atom. The van der Waals surface area contributed by atoms with E-state index in [0.717, 1.165) is 24.3 Å². The maximum absolute atomic E-state index is 12.2. The van der Waals surface area contributed by atoms with Crippen molar-refractivity contribution in [1.29, 1.82) is 5.26 Å². The lowest BCUT2D eigenvalue weighted by Crippen LogP contribution is -2.48. The summed E-state index contributed by atoms with van der Waals surface area (Å²) in [6.45, 7) is 4.93. The molecular formula is C12H15N3O4S. The Hall–Kier alpha value is -1.98. The largest absolute Gasteiger partial charge is 0.269 e. The summed E-state index contributed by atoms with van der Waals surface area (Å²) >= 11 is 0. The molecule has 0 unspecified atom stereocenters. The van der Waals surface area contributed by atoms with Gasteiger partial charge in [0.15, 0.2) is 0 Å². The van der Waals surface area contributed by atoms with Gasteiger partial charge in [-0.2, -0.15) is 9.98 Å². The number of nitrogens with one attached hydrogen (secondary N) is 1. The van der Waals surface area contributed by atoms with Gasteiger partial charge in [-0.1, -0.05) is 13.8 Å². The first-order valence-electron chi connectivity index (χ1n) is 5.82. The maximum atomic E-state index is 12.2. The molecule has 20 heavy (non-hydrogen) atoms. The number of hydrogen-bond acceptors (Lipinski definition) is 5. The van der Waals surface area contributed by atoms with E-state index in [1.54, 1.807) is 13.8 Å². The van der Waals surface area contributed by atoms with Gasteiger partial charge in [0.05, 0.1) is 15.9 Å². The summed E-state index contributed by atoms with van der Waals surface area (Å²) in [6, 6.07) is 6.42. The Labute approximate surface area is 117 Å². The smallest absolute Gasteiger partial charge is 0.258 e. The van der Waals surface area contributed by atoms with Gasteiger partial charge in [0.1, 0.15) is 5.54 Å². The molecule has 108 valence electrons. The second-order valence-electron chi connectivity index (χ2n) is 4.83. The third-order valence-electron chi connectivity index (χ3n) is 3.09. The van der Waals surface area contributed by atoms with Crippen molar-refractivity contribution in [2.24, 2.45) is 5.92 Å². The Kier molecular flexibility index (Phi) is 4.47. The van der Waals surface area contributed by atoms with E-state index in [9.17, 15) is 18.5 Å². The van der Waals surface area contributed by atoms with Crippen molar-refractivity contribution < 1.29 is 13.3 Å². The summed E-state index contributed by atoms with van der Waals surface area (Å²) in [5.41, 5.74) is -1.45. The monoisotopic (exact) mass is 297 g/mol. The molecule has 0 bridgehead atoms. The van der Waals surface area contributed by atoms with E-state index in [0.29, 0.717) is 0 Å². The third-order valence-corrected chi connectivity index (χ3v) is 4.68. The van der Waals surface area contributed by atoms with Crippen LogP contribution in [0, 0.1) is 27.4 Å². The zero-order chi connectivity index (χ0) is 15.6. The minimum atomic E-state index is -3.91. The molecule has 1 aromatic carbocycles. The molecule has 0 amide bonds. The normalized spacial score (nSPS) is 14.6. The molecule has 0 aliphatic carbocycles. The van der Waals surface area contributed by atoms with Gasteiger partial charge in [-0.15, -0.1) is 0 Å². The van der Waals surface area contributed by atoms with Crippen molar-refractivity contribution in [2.75, 3.05) is 0 Å². The van der Waals surface area contributed by atoms with Gasteiger partial charge >= 0.3 is 0 Å². The molecule has 0 saturated heterocycles. The number of non-ortho nitro benzene ring substituents is 1. The molecule has 1 N–H and O–H groups in total. The van der Waals surface area contributed by atoms with Crippen LogP contribution in [0.25, 0.3) is 0 Å². The highest BCUT2D eigenvalue weighted by Crippen LogP contribution is 2.21. The Balaban J connectivity index is 3.12. The van der Waals surface area contributed by atoms with E-state index in [1.165, 1.54) is 6.92 Å². The van der Waals surface area contributed by atoms with Gasteiger partial charge in [0.2, 0.25) is 10.0 Å². The number of sulfonamides is 1. The lowest BCUT2D eigenvalue weighted by Gasteiger charge is -2.26. The number of nitrogens with zero attached hydrogens (tertiary/aromatic N) is 2. The van der Waals surface area contributed by atoms with E-state index in [2.05, 4.69) is 4.72 Å². The van der Waals surface area contributed by atoms with Gasteiger partial charge in [0, 0.05) is 12.1 Å². The summed E-state index contributed by atoms with van der Waals surface area (Å²) in [5.74, 6) is -0.236. The molecule has 8 heteroatoms. The van der Waals surface area contributed by atoms with Crippen molar-refractivity contribution >= 4 is 15.7 Å². The van der Waals surface area contributed by atoms with Crippen LogP contribution < -0.4 is 4.72 Å². The van der Waals surface area contributed by atoms with Crippen LogP contribution in [0.1, 0.15) is 20.8 Å². The van der Waals surface area contributed by atoms with Crippen LogP contribution in [0.15, 0.2) is 29.2 Å². The van der Waals surface area contributed by atoms with Gasteiger partial charge in [0.25, 0.3) is 5.69 Å². The molecule has 0 aliphatic heterocycles. The molecule has 1 rings (SSSR count). The van der Waals surface area contributed by atoms with E-state index in [1.807, 2.05) is 6.07 Å². The van der Waals surface area contributed by atoms with Crippen LogP contribution in [-0.2, 0) is 10.0 Å². The predicted octanol–water partition coefficient (Wildman–Crippen LogP) is 1.81. The van der Waals surface area contributed by atoms with Gasteiger partial charge in [-0.25, -0.2) is 8.42 Å². The molecule has 0 fully saturated rings. The fraction of sp³-hybridized carbons (Fsp3) is 0.417. The van der Waals surface area contributed by atoms with Crippen LogP contribution in [0.2, 0.25) is 0 Å². The molecule has 0 aromatic heterocycles. The quantitative estimate of drug-likeness (QED) is 0.657. The zero-order valence-corrected chi connectivity index (χ0v) is 12.1. The molecule has 0 radical (unpaired) electrons. The zero-order valence-electron chi connectivity index (χ0n) is 11.3. The highest BCUT2D eigenvalue weighted by atomic mass is 32.2. The second kappa shape index (κ2) is 5.56. The van der Waals surface area contributed by atoms with Crippen molar-refractivity contribution in [1.82, 2.24) is 4.72 Å². The van der Waals surface area contributed by atoms with E-state index in [-0.39, 0.29) is 16.5 Å². The third kappa shape index (κ3) is 3.31. The van der Waals surface area contributed by atoms with Crippen LogP contribution in [0.5, 0.6) is 0 Å². The summed E-state index contributed by atoms with van der Waals surface area (Å²) < 4.78 is 26.6. The lowest BCUT2D eigenvalue weighted by molar-refractivity contribution is -0.384. The highest BCUT2D eigenvalue weighted by molar-refractivity contribution is 7.89. The first kappa shape index (κ1) is 16.1. The maximum Gasteiger partial charge on any atom is 0.269 e. The summed E-state index contributed by atoms with van der Waals surface area (Å²) in [7, 11) is -3.91. The minimum absolute atomic E-state index is 0.120. The van der Waals surface area contributed by atoms with Gasteiger partial charge in [-0.3, -0.25) is 10.1 Å². The van der Waals surface area contributed by atoms with Crippen molar-refractivity contribution in [3.8, 4) is 6.07 Å². The molecule has 1 atom stereocenters. The summed E-state index contributed by atoms with van der Waals surface area (Å²) in [6.07, 6.45) is 0. The Morgan fingerprint density at radius 1 is 1.35 bits per heavy atom. The average molecular weight is 297 g/mol. The molecule has 0 saturated carbocycles. The topological polar surface area (TPSA) is 113 Å². The molecule has 0 spiro atoms. The summed E-state index contributed by atoms with van der Waals surface area (Å²) in [4.78, 5) is 9.79. The number of rotatable bonds is 5. The average Bonchev–Trinajstić information content (AvgIpc) is 2.38. The van der Waals surface area contributed by atoms with Crippen molar-refractivity contribution in [3.05, 3.63) is 34.4 Å². The van der Waals surface area contributed by atoms with Crippen LogP contribution in [0.4, 0.5) is 5.69 Å². The number of benzene rings is 1. The van der Waals surface area contributed by atoms with Crippen LogP contribution in [-0.4, -0.2) is 18.9 Å². The predicted molar refractivity (Wildman–Crippen MR) is 72.3 cm³/mol. The number of nitro benzene ring substituents is 1. The molecular weight excluding hydrogens is 282 g/mol. The Bertz CT molecular complexity index is 646. The molecule has 0 heterocycles. The number of nitriles is 1. The number of hydrogen-bond donors (Lipinski definition) is 1. The van der Waals surface area contributed by atoms with Crippen molar-refractivity contribution in [3.63, 3.8) is 0 Å². The van der Waals surface area contributed by atoms with E-state index >= 15 is 0 Å². The standard InChI is InChI=1S/C12H15N3O4S/c1-9(2)12(3,8-13)14-20(18,19)11-6-4-10(5-7-11)15(16)17/h4-7,9,14H,1-3H3/t12-/m0/s1. The second-order valence-corrected chi connectivity index (χ2v) is 6.51. The van der Waals surface area contributed by atoms with Crippen LogP contribution in [0.3, 0.4) is 0 Å². The van der Waals surface area contributed by atoms with Crippen LogP contribution >= 0.6 is 0 Å². The highest BCUT2D eigenvalue weighted by Gasteiger charge is 2.33. The van der Waals surface area contributed by atoms with E-state index < -0.39 is 20.5 Å². The fourth-order valence-electron chi connectivity index (χ4n) is 1.35. The molecule has 1 aromatic rings. The van der Waals surface area contributed by atoms with Gasteiger partial charge < -0.3 is 0 Å². The SMILES string of the molecule is CC(C)[C@](C)(C#N)NS(=O)(=O)c1ccc([N+](=O)[O-])cc1. The van der Waals surface area contributed by atoms with Gasteiger partial charge in [-0.05, 0) is 25.0 Å². The minimum Gasteiger partial charge on any atom is -0.258 e. The van der Waals surface area contributed by atoms with E-state index in [4.69, 9.17) is 5.26 Å². The van der Waals surface area contributed by atoms with Crippen molar-refractivity contribution in [2.45, 2.75) is 31.2 Å². The first-order valence-corrected chi connectivity index (χ1v) is 7.30. The number of nitro groups is 1. The lowest BCUT2D eigenvalue weighted by atomic mass is 9.92. The Morgan fingerprint density at radius 3 is 2.20 bits per heavy atom. The first-order chi connectivity index (χ1) is 9.12.